The molecule has 0 aliphatic carbocycles. The summed E-state index contributed by atoms with van der Waals surface area (Å²) >= 11 is 0. The molecular weight excluding hydrogens is 133 g/mol. The summed E-state index contributed by atoms with van der Waals surface area (Å²) in [5.41, 5.74) is 0. The smallest absolute Gasteiger partial charge is 0.115 e. The Morgan fingerprint density at radius 3 is 2.80 bits per heavy atom. The fourth-order valence-electron chi connectivity index (χ4n) is 1.36. The van der Waals surface area contributed by atoms with E-state index in [1.807, 2.05) is 11.8 Å². The molecule has 1 rings (SSSR count). The molecule has 60 valence electrons. The minimum atomic E-state index is -0.830. The fraction of sp³-hybridized carbons (Fsp3) is 1.00. The molecule has 1 heterocycles. The largest absolute Gasteiger partial charge is 0.392 e. The van der Waals surface area contributed by atoms with Gasteiger partial charge in [0.1, 0.15) is 6.17 Å². The summed E-state index contributed by atoms with van der Waals surface area (Å²) in [6.45, 7) is 3.94. The van der Waals surface area contributed by atoms with E-state index < -0.39 is 12.3 Å². The van der Waals surface area contributed by atoms with Crippen LogP contribution >= 0.6 is 0 Å². The zero-order valence-corrected chi connectivity index (χ0v) is 6.26. The average molecular weight is 147 g/mol. The molecule has 1 fully saturated rings. The van der Waals surface area contributed by atoms with E-state index in [2.05, 4.69) is 0 Å². The first-order valence-electron chi connectivity index (χ1n) is 3.77. The highest BCUT2D eigenvalue weighted by molar-refractivity contribution is 4.77. The minimum absolute atomic E-state index is 0.316. The van der Waals surface area contributed by atoms with Crippen LogP contribution in [0.25, 0.3) is 0 Å². The monoisotopic (exact) mass is 147 g/mol. The predicted molar refractivity (Wildman–Crippen MR) is 37.6 cm³/mol. The second-order valence-electron chi connectivity index (χ2n) is 2.84. The molecule has 10 heavy (non-hydrogen) atoms. The number of aliphatic hydroxyl groups is 1. The van der Waals surface area contributed by atoms with Crippen molar-refractivity contribution in [2.75, 3.05) is 19.6 Å². The Balaban J connectivity index is 2.35. The second-order valence-corrected chi connectivity index (χ2v) is 2.84. The number of β-amino-alcohol motifs (C(OH)–C–C–N with tert-alkyl or cyclic N) is 1. The molecule has 0 aromatic heterocycles. The van der Waals surface area contributed by atoms with Crippen molar-refractivity contribution in [3.63, 3.8) is 0 Å². The van der Waals surface area contributed by atoms with Crippen molar-refractivity contribution < 1.29 is 9.50 Å². The van der Waals surface area contributed by atoms with E-state index in [4.69, 9.17) is 5.11 Å². The molecule has 2 unspecified atom stereocenters. The molecule has 1 N–H and O–H groups in total. The van der Waals surface area contributed by atoms with Crippen LogP contribution in [-0.4, -0.2) is 41.9 Å². The van der Waals surface area contributed by atoms with Gasteiger partial charge in [0.15, 0.2) is 0 Å². The molecule has 1 saturated heterocycles. The van der Waals surface area contributed by atoms with Gasteiger partial charge in [-0.25, -0.2) is 4.39 Å². The highest BCUT2D eigenvalue weighted by atomic mass is 19.1. The summed E-state index contributed by atoms with van der Waals surface area (Å²) in [5, 5.41) is 9.10. The number of likely N-dealkylation sites (tertiary alicyclic amines) is 1. The molecule has 0 bridgehead atoms. The maximum atomic E-state index is 12.7. The van der Waals surface area contributed by atoms with Crippen molar-refractivity contribution >= 4 is 0 Å². The number of rotatable bonds is 1. The van der Waals surface area contributed by atoms with Crippen molar-refractivity contribution in [3.05, 3.63) is 0 Å². The van der Waals surface area contributed by atoms with Crippen LogP contribution in [0.1, 0.15) is 13.3 Å². The van der Waals surface area contributed by atoms with Crippen LogP contribution in [0.5, 0.6) is 0 Å². The normalized spacial score (nSPS) is 36.3. The molecule has 2 nitrogen and oxygen atoms in total. The lowest BCUT2D eigenvalue weighted by Crippen LogP contribution is -2.43. The molecule has 0 spiro atoms. The van der Waals surface area contributed by atoms with Crippen LogP contribution in [-0.2, 0) is 0 Å². The predicted octanol–water partition coefficient (Wildman–Crippen LogP) is 0.411. The molecule has 0 saturated carbocycles. The van der Waals surface area contributed by atoms with Gasteiger partial charge in [-0.15, -0.1) is 0 Å². The lowest BCUT2D eigenvalue weighted by Gasteiger charge is -2.30. The summed E-state index contributed by atoms with van der Waals surface area (Å²) < 4.78 is 12.7. The second kappa shape index (κ2) is 3.30. The van der Waals surface area contributed by atoms with Crippen molar-refractivity contribution in [1.82, 2.24) is 4.90 Å². The van der Waals surface area contributed by atoms with Crippen molar-refractivity contribution in [2.45, 2.75) is 25.6 Å². The number of alkyl halides is 1. The van der Waals surface area contributed by atoms with E-state index in [9.17, 15) is 4.39 Å². The number of likely N-dealkylation sites (N-methyl/N-ethyl adjacent to an activating group) is 1. The molecule has 3 heteroatoms. The Morgan fingerprint density at radius 1 is 1.60 bits per heavy atom. The summed E-state index contributed by atoms with van der Waals surface area (Å²) in [4.78, 5) is 1.93. The highest BCUT2D eigenvalue weighted by Gasteiger charge is 2.23. The van der Waals surface area contributed by atoms with Crippen LogP contribution < -0.4 is 0 Å². The first-order chi connectivity index (χ1) is 4.72. The van der Waals surface area contributed by atoms with E-state index in [-0.39, 0.29) is 0 Å². The van der Waals surface area contributed by atoms with Gasteiger partial charge < -0.3 is 5.11 Å². The third kappa shape index (κ3) is 1.92. The third-order valence-corrected chi connectivity index (χ3v) is 1.90. The van der Waals surface area contributed by atoms with Crippen LogP contribution in [0, 0.1) is 0 Å². The Morgan fingerprint density at radius 2 is 2.30 bits per heavy atom. The van der Waals surface area contributed by atoms with Gasteiger partial charge in [0.2, 0.25) is 0 Å². The van der Waals surface area contributed by atoms with E-state index in [1.54, 1.807) is 0 Å². The molecule has 2 atom stereocenters. The lowest BCUT2D eigenvalue weighted by atomic mass is 10.1. The van der Waals surface area contributed by atoms with E-state index >= 15 is 0 Å². The lowest BCUT2D eigenvalue weighted by molar-refractivity contribution is 0.0288. The average Bonchev–Trinajstić information content (AvgIpc) is 1.85. The van der Waals surface area contributed by atoms with E-state index in [0.717, 1.165) is 6.54 Å². The Kier molecular flexibility index (Phi) is 2.63. The molecular formula is C7H14FNO. The summed E-state index contributed by atoms with van der Waals surface area (Å²) in [5.74, 6) is 0. The molecule has 0 amide bonds. The number of hydrogen-bond donors (Lipinski definition) is 1. The van der Waals surface area contributed by atoms with Crippen molar-refractivity contribution in [3.8, 4) is 0 Å². The summed E-state index contributed by atoms with van der Waals surface area (Å²) in [6.07, 6.45) is -0.969. The Labute approximate surface area is 60.6 Å². The Bertz CT molecular complexity index is 99.8. The highest BCUT2D eigenvalue weighted by Crippen LogP contribution is 2.12. The number of halogens is 1. The van der Waals surface area contributed by atoms with Gasteiger partial charge in [-0.3, -0.25) is 4.90 Å². The molecule has 0 radical (unpaired) electrons. The molecule has 1 aliphatic heterocycles. The Hall–Kier alpha value is -0.150. The number of hydrogen-bond acceptors (Lipinski definition) is 2. The molecule has 0 aromatic carbocycles. The molecule has 0 aromatic rings. The van der Waals surface area contributed by atoms with Gasteiger partial charge in [-0.2, -0.15) is 0 Å². The van der Waals surface area contributed by atoms with Gasteiger partial charge in [0.25, 0.3) is 0 Å². The third-order valence-electron chi connectivity index (χ3n) is 1.90. The summed E-state index contributed by atoms with van der Waals surface area (Å²) in [7, 11) is 0. The first-order valence-corrected chi connectivity index (χ1v) is 3.77. The first kappa shape index (κ1) is 7.95. The zero-order chi connectivity index (χ0) is 7.56. The van der Waals surface area contributed by atoms with Gasteiger partial charge in [-0.1, -0.05) is 6.92 Å². The van der Waals surface area contributed by atoms with Gasteiger partial charge >= 0.3 is 0 Å². The fourth-order valence-corrected chi connectivity index (χ4v) is 1.36. The van der Waals surface area contributed by atoms with E-state index in [0.29, 0.717) is 19.5 Å². The number of aliphatic hydroxyl groups excluding tert-OH is 1. The maximum Gasteiger partial charge on any atom is 0.115 e. The summed E-state index contributed by atoms with van der Waals surface area (Å²) in [6, 6.07) is 0. The van der Waals surface area contributed by atoms with Crippen LogP contribution in [0.4, 0.5) is 4.39 Å². The van der Waals surface area contributed by atoms with E-state index in [1.165, 1.54) is 0 Å². The topological polar surface area (TPSA) is 23.5 Å². The zero-order valence-electron chi connectivity index (χ0n) is 6.26. The van der Waals surface area contributed by atoms with Gasteiger partial charge in [0.05, 0.1) is 6.10 Å². The SMILES string of the molecule is CCN1CC(O)CC(F)C1. The standard InChI is InChI=1S/C7H14FNO/c1-2-9-4-6(8)3-7(10)5-9/h6-7,10H,2-5H2,1H3. The van der Waals surface area contributed by atoms with Gasteiger partial charge in [0, 0.05) is 19.5 Å². The van der Waals surface area contributed by atoms with Crippen LogP contribution in [0.3, 0.4) is 0 Å². The van der Waals surface area contributed by atoms with Crippen LogP contribution in [0.15, 0.2) is 0 Å². The van der Waals surface area contributed by atoms with Crippen molar-refractivity contribution in [2.24, 2.45) is 0 Å². The quantitative estimate of drug-likeness (QED) is 0.580. The minimum Gasteiger partial charge on any atom is -0.392 e. The maximum absolute atomic E-state index is 12.7. The van der Waals surface area contributed by atoms with Crippen LogP contribution in [0.2, 0.25) is 0 Å². The molecule has 1 aliphatic rings. The number of nitrogens with zero attached hydrogens (tertiary/aromatic N) is 1. The number of piperidine rings is 1. The van der Waals surface area contributed by atoms with Crippen molar-refractivity contribution in [1.29, 1.82) is 0 Å². The van der Waals surface area contributed by atoms with Gasteiger partial charge in [-0.05, 0) is 6.54 Å².